The van der Waals surface area contributed by atoms with E-state index in [1.807, 2.05) is 6.92 Å². The van der Waals surface area contributed by atoms with Crippen molar-refractivity contribution < 1.29 is 9.13 Å². The molecule has 0 N–H and O–H groups in total. The fraction of sp³-hybridized carbons (Fsp3) is 0.214. The Hall–Kier alpha value is -2.10. The Labute approximate surface area is 104 Å². The molecule has 1 aromatic carbocycles. The van der Waals surface area contributed by atoms with E-state index in [0.29, 0.717) is 6.54 Å². The predicted molar refractivity (Wildman–Crippen MR) is 67.3 cm³/mol. The van der Waals surface area contributed by atoms with Gasteiger partial charge < -0.3 is 9.30 Å². The molecule has 2 rings (SSSR count). The second-order valence-electron chi connectivity index (χ2n) is 4.01. The van der Waals surface area contributed by atoms with Crippen LogP contribution in [0.3, 0.4) is 0 Å². The molecule has 0 amide bonds. The van der Waals surface area contributed by atoms with Crippen LogP contribution in [0.4, 0.5) is 4.39 Å². The molecule has 0 saturated heterocycles. The van der Waals surface area contributed by atoms with Gasteiger partial charge in [0.25, 0.3) is 5.56 Å². The zero-order valence-corrected chi connectivity index (χ0v) is 10.1. The second kappa shape index (κ2) is 5.49. The van der Waals surface area contributed by atoms with Gasteiger partial charge in [-0.25, -0.2) is 4.39 Å². The van der Waals surface area contributed by atoms with Crippen LogP contribution >= 0.6 is 0 Å². The van der Waals surface area contributed by atoms with Crippen molar-refractivity contribution in [2.45, 2.75) is 13.5 Å². The Kier molecular flexibility index (Phi) is 3.77. The van der Waals surface area contributed by atoms with Crippen molar-refractivity contribution >= 4 is 0 Å². The van der Waals surface area contributed by atoms with Crippen LogP contribution in [0.15, 0.2) is 47.4 Å². The largest absolute Gasteiger partial charge is 0.489 e. The third-order valence-corrected chi connectivity index (χ3v) is 2.58. The molecule has 0 aliphatic rings. The maximum atomic E-state index is 13.4. The molecular weight excluding hydrogens is 233 g/mol. The molecule has 0 aliphatic heterocycles. The summed E-state index contributed by atoms with van der Waals surface area (Å²) in [7, 11) is 0. The van der Waals surface area contributed by atoms with E-state index >= 15 is 0 Å². The van der Waals surface area contributed by atoms with E-state index in [-0.39, 0.29) is 23.7 Å². The lowest BCUT2D eigenvalue weighted by Crippen LogP contribution is -2.21. The maximum Gasteiger partial charge on any atom is 0.250 e. The van der Waals surface area contributed by atoms with Crippen molar-refractivity contribution in [3.8, 4) is 5.75 Å². The summed E-state index contributed by atoms with van der Waals surface area (Å²) in [5.74, 6) is -0.167. The Bertz CT molecular complexity index is 592. The van der Waals surface area contributed by atoms with Crippen molar-refractivity contribution in [2.24, 2.45) is 0 Å². The summed E-state index contributed by atoms with van der Waals surface area (Å²) in [5, 5.41) is 0. The molecule has 0 radical (unpaired) electrons. The number of nitrogens with zero attached hydrogens (tertiary/aromatic N) is 1. The topological polar surface area (TPSA) is 31.2 Å². The maximum absolute atomic E-state index is 13.4. The van der Waals surface area contributed by atoms with E-state index in [9.17, 15) is 9.18 Å². The van der Waals surface area contributed by atoms with E-state index in [4.69, 9.17) is 4.74 Å². The third kappa shape index (κ3) is 2.97. The van der Waals surface area contributed by atoms with Gasteiger partial charge in [-0.15, -0.1) is 0 Å². The number of aryl methyl sites for hydroxylation is 1. The van der Waals surface area contributed by atoms with Crippen molar-refractivity contribution in [1.82, 2.24) is 4.57 Å². The molecule has 0 saturated carbocycles. The zero-order chi connectivity index (χ0) is 13.0. The molecule has 0 unspecified atom stereocenters. The van der Waals surface area contributed by atoms with Crippen LogP contribution in [0.1, 0.15) is 5.56 Å². The number of hydrogen-bond acceptors (Lipinski definition) is 2. The minimum absolute atomic E-state index is 0.0918. The first-order valence-corrected chi connectivity index (χ1v) is 5.71. The van der Waals surface area contributed by atoms with Gasteiger partial charge in [0, 0.05) is 12.3 Å². The van der Waals surface area contributed by atoms with Gasteiger partial charge in [-0.05, 0) is 30.7 Å². The van der Waals surface area contributed by atoms with Crippen LogP contribution < -0.4 is 10.3 Å². The van der Waals surface area contributed by atoms with Crippen molar-refractivity contribution in [3.63, 3.8) is 0 Å². The number of benzene rings is 1. The van der Waals surface area contributed by atoms with Gasteiger partial charge in [0.2, 0.25) is 0 Å². The number of rotatable bonds is 4. The fourth-order valence-electron chi connectivity index (χ4n) is 1.62. The quantitative estimate of drug-likeness (QED) is 0.830. The first kappa shape index (κ1) is 12.4. The monoisotopic (exact) mass is 247 g/mol. The van der Waals surface area contributed by atoms with Gasteiger partial charge in [0.05, 0.1) is 6.54 Å². The lowest BCUT2D eigenvalue weighted by molar-refractivity contribution is 0.282. The second-order valence-corrected chi connectivity index (χ2v) is 4.01. The first-order valence-electron chi connectivity index (χ1n) is 5.71. The summed E-state index contributed by atoms with van der Waals surface area (Å²) in [6.45, 7) is 2.52. The summed E-state index contributed by atoms with van der Waals surface area (Å²) in [6, 6.07) is 9.63. The highest BCUT2D eigenvalue weighted by Gasteiger charge is 2.03. The van der Waals surface area contributed by atoms with E-state index in [1.165, 1.54) is 16.7 Å². The number of pyridine rings is 1. The third-order valence-electron chi connectivity index (χ3n) is 2.58. The lowest BCUT2D eigenvalue weighted by atomic mass is 10.2. The number of halogens is 1. The highest BCUT2D eigenvalue weighted by Crippen LogP contribution is 2.18. The van der Waals surface area contributed by atoms with Crippen molar-refractivity contribution in [3.05, 3.63) is 64.3 Å². The van der Waals surface area contributed by atoms with E-state index in [1.54, 1.807) is 30.5 Å². The molecule has 0 bridgehead atoms. The molecule has 1 aromatic heterocycles. The molecule has 18 heavy (non-hydrogen) atoms. The average molecular weight is 247 g/mol. The van der Waals surface area contributed by atoms with E-state index in [2.05, 4.69) is 0 Å². The molecule has 0 spiro atoms. The molecule has 94 valence electrons. The van der Waals surface area contributed by atoms with Crippen LogP contribution in [0.25, 0.3) is 0 Å². The van der Waals surface area contributed by atoms with Gasteiger partial charge in [-0.2, -0.15) is 0 Å². The normalized spacial score (nSPS) is 10.3. The van der Waals surface area contributed by atoms with Crippen LogP contribution in [-0.2, 0) is 6.54 Å². The molecule has 1 heterocycles. The Balaban J connectivity index is 1.99. The summed E-state index contributed by atoms with van der Waals surface area (Å²) >= 11 is 0. The summed E-state index contributed by atoms with van der Waals surface area (Å²) in [6.07, 6.45) is 1.68. The molecule has 3 nitrogen and oxygen atoms in total. The molecule has 4 heteroatoms. The summed E-state index contributed by atoms with van der Waals surface area (Å²) < 4.78 is 20.2. The van der Waals surface area contributed by atoms with Crippen LogP contribution in [0, 0.1) is 12.7 Å². The van der Waals surface area contributed by atoms with Crippen LogP contribution in [0.2, 0.25) is 0 Å². The minimum Gasteiger partial charge on any atom is -0.489 e. The minimum atomic E-state index is -0.388. The Morgan fingerprint density at radius 2 is 2.11 bits per heavy atom. The molecule has 0 atom stereocenters. The zero-order valence-electron chi connectivity index (χ0n) is 10.1. The van der Waals surface area contributed by atoms with Gasteiger partial charge in [-0.1, -0.05) is 12.1 Å². The number of aromatic nitrogens is 1. The van der Waals surface area contributed by atoms with Crippen molar-refractivity contribution in [1.29, 1.82) is 0 Å². The predicted octanol–water partition coefficient (Wildman–Crippen LogP) is 2.37. The van der Waals surface area contributed by atoms with Crippen LogP contribution in [-0.4, -0.2) is 11.2 Å². The Morgan fingerprint density at radius 3 is 2.89 bits per heavy atom. The lowest BCUT2D eigenvalue weighted by Gasteiger charge is -2.09. The highest BCUT2D eigenvalue weighted by molar-refractivity contribution is 5.29. The molecule has 2 aromatic rings. The summed E-state index contributed by atoms with van der Waals surface area (Å²) in [5.41, 5.74) is 0.842. The fourth-order valence-corrected chi connectivity index (χ4v) is 1.62. The van der Waals surface area contributed by atoms with Gasteiger partial charge in [-0.3, -0.25) is 4.79 Å². The van der Waals surface area contributed by atoms with Gasteiger partial charge in [0.15, 0.2) is 11.6 Å². The highest BCUT2D eigenvalue weighted by atomic mass is 19.1. The van der Waals surface area contributed by atoms with E-state index < -0.39 is 0 Å². The van der Waals surface area contributed by atoms with Crippen LogP contribution in [0.5, 0.6) is 5.75 Å². The smallest absolute Gasteiger partial charge is 0.250 e. The Morgan fingerprint density at radius 1 is 1.28 bits per heavy atom. The first-order chi connectivity index (χ1) is 8.66. The molecular formula is C14H14FNO2. The SMILES string of the molecule is Cc1ccc(F)c(OCCn2ccccc2=O)c1. The average Bonchev–Trinajstić information content (AvgIpc) is 2.36. The van der Waals surface area contributed by atoms with Gasteiger partial charge in [0.1, 0.15) is 6.61 Å². The molecule has 0 aliphatic carbocycles. The van der Waals surface area contributed by atoms with Gasteiger partial charge >= 0.3 is 0 Å². The van der Waals surface area contributed by atoms with Crippen molar-refractivity contribution in [2.75, 3.05) is 6.61 Å². The van der Waals surface area contributed by atoms with E-state index in [0.717, 1.165) is 5.56 Å². The standard InChI is InChI=1S/C14H14FNO2/c1-11-5-6-12(15)13(10-11)18-9-8-16-7-3-2-4-14(16)17/h2-7,10H,8-9H2,1H3. The number of ether oxygens (including phenoxy) is 1. The summed E-state index contributed by atoms with van der Waals surface area (Å²) in [4.78, 5) is 11.4. The number of hydrogen-bond donors (Lipinski definition) is 0. The molecule has 0 fully saturated rings.